The molecule has 0 heterocycles. The second kappa shape index (κ2) is 9.19. The van der Waals surface area contributed by atoms with Gasteiger partial charge in [-0.3, -0.25) is 9.59 Å². The third-order valence-corrected chi connectivity index (χ3v) is 4.69. The molecule has 0 aromatic heterocycles. The second-order valence-electron chi connectivity index (χ2n) is 6.00. The Balaban J connectivity index is 1.73. The maximum absolute atomic E-state index is 12.7. The van der Waals surface area contributed by atoms with Gasteiger partial charge in [0.2, 0.25) is 0 Å². The summed E-state index contributed by atoms with van der Waals surface area (Å²) < 4.78 is 6.19. The first-order valence-electron chi connectivity index (χ1n) is 8.64. The Morgan fingerprint density at radius 1 is 0.893 bits per heavy atom. The summed E-state index contributed by atoms with van der Waals surface area (Å²) in [5, 5.41) is 5.68. The van der Waals surface area contributed by atoms with Crippen molar-refractivity contribution in [2.75, 3.05) is 12.4 Å². The average molecular weight is 439 g/mol. The molecule has 0 unspecified atom stereocenters. The van der Waals surface area contributed by atoms with Crippen molar-refractivity contribution in [2.45, 2.75) is 6.54 Å². The molecule has 6 heteroatoms. The number of benzene rings is 3. The molecule has 3 aromatic carbocycles. The molecule has 3 aromatic rings. The van der Waals surface area contributed by atoms with E-state index in [-0.39, 0.29) is 11.8 Å². The molecule has 0 atom stereocenters. The van der Waals surface area contributed by atoms with Gasteiger partial charge in [-0.25, -0.2) is 0 Å². The molecule has 2 N–H and O–H groups in total. The summed E-state index contributed by atoms with van der Waals surface area (Å²) in [6.45, 7) is 0.317. The first-order valence-corrected chi connectivity index (χ1v) is 9.44. The SMILES string of the molecule is COc1ccccc1CNC(=O)c1ccccc1NC(=O)c1ccc(Br)cc1. The summed E-state index contributed by atoms with van der Waals surface area (Å²) in [4.78, 5) is 25.2. The molecule has 2 amide bonds. The van der Waals surface area contributed by atoms with Gasteiger partial charge in [-0.05, 0) is 42.5 Å². The maximum atomic E-state index is 12.7. The third-order valence-electron chi connectivity index (χ3n) is 4.16. The third kappa shape index (κ3) is 4.78. The minimum absolute atomic E-state index is 0.280. The number of amides is 2. The number of rotatable bonds is 6. The van der Waals surface area contributed by atoms with E-state index in [1.54, 1.807) is 55.6 Å². The molecular weight excluding hydrogens is 420 g/mol. The van der Waals surface area contributed by atoms with Crippen LogP contribution in [0.5, 0.6) is 5.75 Å². The minimum atomic E-state index is -0.280. The van der Waals surface area contributed by atoms with E-state index in [1.165, 1.54) is 0 Å². The van der Waals surface area contributed by atoms with Gasteiger partial charge in [0.05, 0.1) is 18.4 Å². The fourth-order valence-corrected chi connectivity index (χ4v) is 2.97. The van der Waals surface area contributed by atoms with Gasteiger partial charge in [0.1, 0.15) is 5.75 Å². The van der Waals surface area contributed by atoms with Crippen molar-refractivity contribution in [1.29, 1.82) is 0 Å². The van der Waals surface area contributed by atoms with Crippen LogP contribution in [0.2, 0.25) is 0 Å². The molecule has 0 saturated carbocycles. The number of anilines is 1. The van der Waals surface area contributed by atoms with Crippen LogP contribution in [0.25, 0.3) is 0 Å². The number of carbonyl (C=O) groups is 2. The van der Waals surface area contributed by atoms with E-state index < -0.39 is 0 Å². The van der Waals surface area contributed by atoms with E-state index >= 15 is 0 Å². The Labute approximate surface area is 171 Å². The van der Waals surface area contributed by atoms with Crippen molar-refractivity contribution in [3.8, 4) is 5.75 Å². The van der Waals surface area contributed by atoms with Crippen molar-refractivity contribution in [3.05, 3.63) is 94.0 Å². The Morgan fingerprint density at radius 2 is 1.57 bits per heavy atom. The number of methoxy groups -OCH3 is 1. The zero-order valence-electron chi connectivity index (χ0n) is 15.2. The number of halogens is 1. The summed E-state index contributed by atoms with van der Waals surface area (Å²) in [6.07, 6.45) is 0. The minimum Gasteiger partial charge on any atom is -0.496 e. The summed E-state index contributed by atoms with van der Waals surface area (Å²) in [5.74, 6) is 0.148. The molecule has 28 heavy (non-hydrogen) atoms. The Kier molecular flexibility index (Phi) is 6.45. The lowest BCUT2D eigenvalue weighted by Crippen LogP contribution is -2.25. The van der Waals surface area contributed by atoms with E-state index in [0.29, 0.717) is 29.1 Å². The number of carbonyl (C=O) groups excluding carboxylic acids is 2. The molecule has 0 radical (unpaired) electrons. The lowest BCUT2D eigenvalue weighted by atomic mass is 10.1. The zero-order chi connectivity index (χ0) is 19.9. The van der Waals surface area contributed by atoms with Gasteiger partial charge in [0.15, 0.2) is 0 Å². The van der Waals surface area contributed by atoms with Crippen LogP contribution in [0.15, 0.2) is 77.3 Å². The predicted octanol–water partition coefficient (Wildman–Crippen LogP) is 4.64. The standard InChI is InChI=1S/C22H19BrN2O3/c1-28-20-9-5-2-6-16(20)14-24-22(27)18-7-3-4-8-19(18)25-21(26)15-10-12-17(23)13-11-15/h2-13H,14H2,1H3,(H,24,27)(H,25,26). The van der Waals surface area contributed by atoms with Crippen LogP contribution < -0.4 is 15.4 Å². The summed E-state index contributed by atoms with van der Waals surface area (Å²) in [5.41, 5.74) is 2.22. The first kappa shape index (κ1) is 19.6. The van der Waals surface area contributed by atoms with Crippen molar-refractivity contribution >= 4 is 33.4 Å². The first-order chi connectivity index (χ1) is 13.6. The summed E-state index contributed by atoms with van der Waals surface area (Å²) in [7, 11) is 1.59. The van der Waals surface area contributed by atoms with E-state index in [0.717, 1.165) is 10.0 Å². The fourth-order valence-electron chi connectivity index (χ4n) is 2.71. The Bertz CT molecular complexity index is 987. The molecular formula is C22H19BrN2O3. The van der Waals surface area contributed by atoms with Crippen LogP contribution >= 0.6 is 15.9 Å². The average Bonchev–Trinajstić information content (AvgIpc) is 2.73. The number of hydrogen-bond donors (Lipinski definition) is 2. The highest BCUT2D eigenvalue weighted by Gasteiger charge is 2.14. The normalized spacial score (nSPS) is 10.2. The molecule has 0 aliphatic rings. The van der Waals surface area contributed by atoms with E-state index in [9.17, 15) is 9.59 Å². The van der Waals surface area contributed by atoms with Crippen molar-refractivity contribution in [2.24, 2.45) is 0 Å². The smallest absolute Gasteiger partial charge is 0.255 e. The fraction of sp³-hybridized carbons (Fsp3) is 0.0909. The van der Waals surface area contributed by atoms with Gasteiger partial charge in [-0.15, -0.1) is 0 Å². The summed E-state index contributed by atoms with van der Waals surface area (Å²) >= 11 is 3.35. The lowest BCUT2D eigenvalue weighted by Gasteiger charge is -2.13. The van der Waals surface area contributed by atoms with Crippen LogP contribution in [-0.4, -0.2) is 18.9 Å². The second-order valence-corrected chi connectivity index (χ2v) is 6.92. The van der Waals surface area contributed by atoms with Crippen LogP contribution in [0.4, 0.5) is 5.69 Å². The largest absolute Gasteiger partial charge is 0.496 e. The van der Waals surface area contributed by atoms with Crippen LogP contribution in [0.1, 0.15) is 26.3 Å². The Hall–Kier alpha value is -3.12. The van der Waals surface area contributed by atoms with Crippen molar-refractivity contribution < 1.29 is 14.3 Å². The van der Waals surface area contributed by atoms with Gasteiger partial charge in [-0.1, -0.05) is 46.3 Å². The summed E-state index contributed by atoms with van der Waals surface area (Å²) in [6, 6.07) is 21.4. The Morgan fingerprint density at radius 3 is 2.32 bits per heavy atom. The van der Waals surface area contributed by atoms with Crippen LogP contribution in [0, 0.1) is 0 Å². The van der Waals surface area contributed by atoms with Gasteiger partial charge in [-0.2, -0.15) is 0 Å². The zero-order valence-corrected chi connectivity index (χ0v) is 16.8. The molecule has 0 aliphatic carbocycles. The van der Waals surface area contributed by atoms with Gasteiger partial charge in [0.25, 0.3) is 11.8 Å². The van der Waals surface area contributed by atoms with Crippen LogP contribution in [-0.2, 0) is 6.54 Å². The van der Waals surface area contributed by atoms with E-state index in [4.69, 9.17) is 4.74 Å². The number of ether oxygens (including phenoxy) is 1. The highest BCUT2D eigenvalue weighted by atomic mass is 79.9. The van der Waals surface area contributed by atoms with E-state index in [2.05, 4.69) is 26.6 Å². The van der Waals surface area contributed by atoms with Gasteiger partial charge < -0.3 is 15.4 Å². The predicted molar refractivity (Wildman–Crippen MR) is 113 cm³/mol. The molecule has 0 bridgehead atoms. The molecule has 142 valence electrons. The van der Waals surface area contributed by atoms with Gasteiger partial charge in [0, 0.05) is 22.1 Å². The highest BCUT2D eigenvalue weighted by Crippen LogP contribution is 2.19. The molecule has 3 rings (SSSR count). The molecule has 0 aliphatic heterocycles. The van der Waals surface area contributed by atoms with Crippen LogP contribution in [0.3, 0.4) is 0 Å². The van der Waals surface area contributed by atoms with Crippen molar-refractivity contribution in [3.63, 3.8) is 0 Å². The highest BCUT2D eigenvalue weighted by molar-refractivity contribution is 9.10. The van der Waals surface area contributed by atoms with Gasteiger partial charge >= 0.3 is 0 Å². The van der Waals surface area contributed by atoms with E-state index in [1.807, 2.05) is 24.3 Å². The number of para-hydroxylation sites is 2. The topological polar surface area (TPSA) is 67.4 Å². The number of nitrogens with one attached hydrogen (secondary N) is 2. The molecule has 5 nitrogen and oxygen atoms in total. The molecule has 0 spiro atoms. The number of hydrogen-bond acceptors (Lipinski definition) is 3. The molecule has 0 saturated heterocycles. The van der Waals surface area contributed by atoms with Crippen molar-refractivity contribution in [1.82, 2.24) is 5.32 Å². The maximum Gasteiger partial charge on any atom is 0.255 e. The lowest BCUT2D eigenvalue weighted by molar-refractivity contribution is 0.0951. The monoisotopic (exact) mass is 438 g/mol. The molecule has 0 fully saturated rings. The quantitative estimate of drug-likeness (QED) is 0.588.